The van der Waals surface area contributed by atoms with Gasteiger partial charge in [-0.05, 0) is 64.5 Å². The number of thiophene rings is 1. The minimum atomic E-state index is -0.480. The normalized spacial score (nSPS) is 20.6. The van der Waals surface area contributed by atoms with Gasteiger partial charge in [-0.15, -0.1) is 11.3 Å². The molecule has 3 rings (SSSR count). The Morgan fingerprint density at radius 1 is 1.26 bits per heavy atom. The average molecular weight is 336 g/mol. The van der Waals surface area contributed by atoms with Crippen molar-refractivity contribution >= 4 is 28.3 Å². The number of rotatable bonds is 3. The molecule has 1 saturated carbocycles. The van der Waals surface area contributed by atoms with Crippen LogP contribution >= 0.6 is 11.3 Å². The maximum absolute atomic E-state index is 11.9. The highest BCUT2D eigenvalue weighted by Crippen LogP contribution is 2.35. The minimum Gasteiger partial charge on any atom is -0.444 e. The predicted molar refractivity (Wildman–Crippen MR) is 90.9 cm³/mol. The third kappa shape index (κ3) is 4.47. The van der Waals surface area contributed by atoms with E-state index in [4.69, 9.17) is 4.74 Å². The molecule has 1 unspecified atom stereocenters. The van der Waals surface area contributed by atoms with Crippen LogP contribution in [0.2, 0.25) is 0 Å². The van der Waals surface area contributed by atoms with Gasteiger partial charge in [-0.25, -0.2) is 4.79 Å². The first-order valence-electron chi connectivity index (χ1n) is 8.22. The summed E-state index contributed by atoms with van der Waals surface area (Å²) in [6, 6.07) is 2.15. The third-order valence-corrected chi connectivity index (χ3v) is 5.15. The van der Waals surface area contributed by atoms with Crippen LogP contribution in [-0.2, 0) is 22.4 Å². The topological polar surface area (TPSA) is 67.4 Å². The molecule has 0 saturated heterocycles. The second-order valence-electron chi connectivity index (χ2n) is 7.41. The summed E-state index contributed by atoms with van der Waals surface area (Å²) in [6.45, 7) is 5.58. The first kappa shape index (κ1) is 16.3. The van der Waals surface area contributed by atoms with E-state index in [9.17, 15) is 9.59 Å². The SMILES string of the molecule is CC(C)(C)OC(=O)NC1CCc2sc(NC(=O)C3CC3)cc2C1. The molecule has 23 heavy (non-hydrogen) atoms. The van der Waals surface area contributed by atoms with Gasteiger partial charge in [-0.3, -0.25) is 4.79 Å². The molecule has 2 N–H and O–H groups in total. The fourth-order valence-corrected chi connectivity index (χ4v) is 3.86. The quantitative estimate of drug-likeness (QED) is 0.888. The van der Waals surface area contributed by atoms with Gasteiger partial charge in [-0.1, -0.05) is 0 Å². The van der Waals surface area contributed by atoms with Crippen molar-refractivity contribution in [2.45, 2.75) is 64.5 Å². The Labute approximate surface area is 140 Å². The van der Waals surface area contributed by atoms with Gasteiger partial charge >= 0.3 is 6.09 Å². The highest BCUT2D eigenvalue weighted by molar-refractivity contribution is 7.16. The molecule has 1 aromatic heterocycles. The van der Waals surface area contributed by atoms with Crippen LogP contribution < -0.4 is 10.6 Å². The van der Waals surface area contributed by atoms with Crippen LogP contribution in [0.3, 0.4) is 0 Å². The number of alkyl carbamates (subject to hydrolysis) is 1. The van der Waals surface area contributed by atoms with Crippen molar-refractivity contribution in [2.75, 3.05) is 5.32 Å². The number of anilines is 1. The highest BCUT2D eigenvalue weighted by atomic mass is 32.1. The molecule has 0 bridgehead atoms. The Hall–Kier alpha value is -1.56. The molecule has 1 atom stereocenters. The summed E-state index contributed by atoms with van der Waals surface area (Å²) >= 11 is 1.66. The van der Waals surface area contributed by atoms with Gasteiger partial charge in [0.05, 0.1) is 5.00 Å². The summed E-state index contributed by atoms with van der Waals surface area (Å²) in [5, 5.41) is 6.90. The molecule has 1 fully saturated rings. The van der Waals surface area contributed by atoms with E-state index in [1.807, 2.05) is 20.8 Å². The maximum atomic E-state index is 11.9. The fraction of sp³-hybridized carbons (Fsp3) is 0.647. The number of nitrogens with one attached hydrogen (secondary N) is 2. The summed E-state index contributed by atoms with van der Waals surface area (Å²) in [5.41, 5.74) is 0.750. The molecule has 1 aromatic rings. The van der Waals surface area contributed by atoms with Crippen LogP contribution in [0, 0.1) is 5.92 Å². The van der Waals surface area contributed by atoms with Crippen LogP contribution in [-0.4, -0.2) is 23.6 Å². The van der Waals surface area contributed by atoms with E-state index >= 15 is 0 Å². The molecule has 2 aliphatic rings. The van der Waals surface area contributed by atoms with E-state index in [1.165, 1.54) is 10.4 Å². The summed E-state index contributed by atoms with van der Waals surface area (Å²) in [5.74, 6) is 0.364. The van der Waals surface area contributed by atoms with Crippen LogP contribution in [0.4, 0.5) is 9.80 Å². The number of ether oxygens (including phenoxy) is 1. The zero-order valence-electron chi connectivity index (χ0n) is 13.9. The Morgan fingerprint density at radius 2 is 2.00 bits per heavy atom. The predicted octanol–water partition coefficient (Wildman–Crippen LogP) is 3.48. The molecule has 1 heterocycles. The van der Waals surface area contributed by atoms with Gasteiger partial charge in [0.1, 0.15) is 5.60 Å². The molecule has 5 nitrogen and oxygen atoms in total. The Bertz CT molecular complexity index is 614. The summed E-state index contributed by atoms with van der Waals surface area (Å²) in [6.07, 6.45) is 4.30. The van der Waals surface area contributed by atoms with E-state index in [-0.39, 0.29) is 24.0 Å². The van der Waals surface area contributed by atoms with E-state index < -0.39 is 5.60 Å². The molecule has 6 heteroatoms. The van der Waals surface area contributed by atoms with Gasteiger partial charge in [0.15, 0.2) is 0 Å². The monoisotopic (exact) mass is 336 g/mol. The number of fused-ring (bicyclic) bond motifs is 1. The van der Waals surface area contributed by atoms with Gasteiger partial charge in [0.25, 0.3) is 0 Å². The average Bonchev–Trinajstić information content (AvgIpc) is 3.18. The van der Waals surface area contributed by atoms with E-state index in [1.54, 1.807) is 11.3 Å². The van der Waals surface area contributed by atoms with Crippen molar-refractivity contribution in [3.05, 3.63) is 16.5 Å². The van der Waals surface area contributed by atoms with Gasteiger partial charge in [0, 0.05) is 16.8 Å². The van der Waals surface area contributed by atoms with Crippen molar-refractivity contribution in [3.63, 3.8) is 0 Å². The lowest BCUT2D eigenvalue weighted by Crippen LogP contribution is -2.41. The zero-order chi connectivity index (χ0) is 16.6. The third-order valence-electron chi connectivity index (χ3n) is 4.00. The van der Waals surface area contributed by atoms with E-state index in [2.05, 4.69) is 16.7 Å². The minimum absolute atomic E-state index is 0.0962. The molecule has 0 radical (unpaired) electrons. The lowest BCUT2D eigenvalue weighted by atomic mass is 9.94. The first-order chi connectivity index (χ1) is 10.8. The van der Waals surface area contributed by atoms with Crippen LogP contribution in [0.25, 0.3) is 0 Å². The van der Waals surface area contributed by atoms with Crippen LogP contribution in [0.1, 0.15) is 50.5 Å². The second kappa shape index (κ2) is 6.15. The standard InChI is InChI=1S/C17H24N2O3S/c1-17(2,3)22-16(21)18-12-6-7-13-11(8-12)9-14(23-13)19-15(20)10-4-5-10/h9-10,12H,4-8H2,1-3H3,(H,18,21)(H,19,20). The molecule has 0 aromatic carbocycles. The Kier molecular flexibility index (Phi) is 4.36. The zero-order valence-corrected chi connectivity index (χ0v) is 14.7. The second-order valence-corrected chi connectivity index (χ2v) is 8.55. The van der Waals surface area contributed by atoms with Crippen molar-refractivity contribution in [1.82, 2.24) is 5.32 Å². The number of aryl methyl sites for hydroxylation is 1. The van der Waals surface area contributed by atoms with Crippen molar-refractivity contribution in [3.8, 4) is 0 Å². The molecular weight excluding hydrogens is 312 g/mol. The number of hydrogen-bond donors (Lipinski definition) is 2. The number of carbonyl (C=O) groups excluding carboxylic acids is 2. The maximum Gasteiger partial charge on any atom is 0.407 e. The number of hydrogen-bond acceptors (Lipinski definition) is 4. The van der Waals surface area contributed by atoms with Gasteiger partial charge < -0.3 is 15.4 Å². The summed E-state index contributed by atoms with van der Waals surface area (Å²) < 4.78 is 5.32. The van der Waals surface area contributed by atoms with Crippen molar-refractivity contribution < 1.29 is 14.3 Å². The Balaban J connectivity index is 1.56. The van der Waals surface area contributed by atoms with Crippen molar-refractivity contribution in [1.29, 1.82) is 0 Å². The molecule has 0 aliphatic heterocycles. The van der Waals surface area contributed by atoms with Crippen molar-refractivity contribution in [2.24, 2.45) is 5.92 Å². The van der Waals surface area contributed by atoms with E-state index in [0.717, 1.165) is 37.1 Å². The lowest BCUT2D eigenvalue weighted by molar-refractivity contribution is -0.117. The largest absolute Gasteiger partial charge is 0.444 e. The van der Waals surface area contributed by atoms with Crippen LogP contribution in [0.5, 0.6) is 0 Å². The molecule has 126 valence electrons. The number of amides is 2. The molecular formula is C17H24N2O3S. The van der Waals surface area contributed by atoms with Gasteiger partial charge in [-0.2, -0.15) is 0 Å². The first-order valence-corrected chi connectivity index (χ1v) is 9.04. The lowest BCUT2D eigenvalue weighted by Gasteiger charge is -2.26. The summed E-state index contributed by atoms with van der Waals surface area (Å²) in [4.78, 5) is 25.1. The smallest absolute Gasteiger partial charge is 0.407 e. The van der Waals surface area contributed by atoms with E-state index in [0.29, 0.717) is 0 Å². The molecule has 0 spiro atoms. The molecule has 2 aliphatic carbocycles. The summed E-state index contributed by atoms with van der Waals surface area (Å²) in [7, 11) is 0. The fourth-order valence-electron chi connectivity index (χ4n) is 2.75. The highest BCUT2D eigenvalue weighted by Gasteiger charge is 2.30. The van der Waals surface area contributed by atoms with Crippen LogP contribution in [0.15, 0.2) is 6.07 Å². The number of carbonyl (C=O) groups is 2. The van der Waals surface area contributed by atoms with Gasteiger partial charge in [0.2, 0.25) is 5.91 Å². The molecule has 2 amide bonds. The Morgan fingerprint density at radius 3 is 2.65 bits per heavy atom.